The lowest BCUT2D eigenvalue weighted by molar-refractivity contribution is -0.384. The molecule has 0 spiro atoms. The molecule has 0 aliphatic carbocycles. The third-order valence-corrected chi connectivity index (χ3v) is 3.96. The van der Waals surface area contributed by atoms with Gasteiger partial charge in [-0.2, -0.15) is 0 Å². The first kappa shape index (κ1) is 16.0. The van der Waals surface area contributed by atoms with Gasteiger partial charge in [0.25, 0.3) is 5.69 Å². The summed E-state index contributed by atoms with van der Waals surface area (Å²) in [7, 11) is 0. The molecule has 1 N–H and O–H groups in total. The van der Waals surface area contributed by atoms with Gasteiger partial charge >= 0.3 is 0 Å². The number of amides is 1. The van der Waals surface area contributed by atoms with E-state index in [2.05, 4.69) is 10.5 Å². The molecule has 116 valence electrons. The third-order valence-electron chi connectivity index (χ3n) is 3.00. The molecular formula is C14H15N3O4S. The van der Waals surface area contributed by atoms with Gasteiger partial charge in [-0.1, -0.05) is 11.2 Å². The molecule has 1 aromatic carbocycles. The standard InChI is InChI=1S/C14H15N3O4S/c1-9-13(10(2)21-16-9)7-22-8-14(18)15-11-4-3-5-12(6-11)17(19)20/h3-6H,7-8H2,1-2H3,(H,15,18). The number of aromatic nitrogens is 1. The van der Waals surface area contributed by atoms with Crippen molar-refractivity contribution in [2.75, 3.05) is 11.1 Å². The second-order valence-corrected chi connectivity index (χ2v) is 5.64. The van der Waals surface area contributed by atoms with E-state index in [0.717, 1.165) is 17.0 Å². The van der Waals surface area contributed by atoms with E-state index in [-0.39, 0.29) is 17.3 Å². The number of nitro benzene ring substituents is 1. The van der Waals surface area contributed by atoms with Crippen LogP contribution in [0.3, 0.4) is 0 Å². The van der Waals surface area contributed by atoms with Crippen LogP contribution in [-0.2, 0) is 10.5 Å². The molecule has 0 atom stereocenters. The van der Waals surface area contributed by atoms with Crippen molar-refractivity contribution in [3.63, 3.8) is 0 Å². The molecule has 0 aliphatic heterocycles. The Morgan fingerprint density at radius 3 is 2.86 bits per heavy atom. The predicted octanol–water partition coefficient (Wildman–Crippen LogP) is 3.07. The van der Waals surface area contributed by atoms with Crippen LogP contribution in [-0.4, -0.2) is 21.7 Å². The van der Waals surface area contributed by atoms with Crippen molar-refractivity contribution in [1.82, 2.24) is 5.16 Å². The number of non-ortho nitro benzene ring substituents is 1. The van der Waals surface area contributed by atoms with Crippen molar-refractivity contribution in [3.8, 4) is 0 Å². The summed E-state index contributed by atoms with van der Waals surface area (Å²) in [6, 6.07) is 5.85. The van der Waals surface area contributed by atoms with Crippen LogP contribution in [0.2, 0.25) is 0 Å². The first-order valence-electron chi connectivity index (χ1n) is 6.51. The number of hydrogen-bond acceptors (Lipinski definition) is 6. The molecule has 1 aromatic heterocycles. The minimum atomic E-state index is -0.498. The molecule has 7 nitrogen and oxygen atoms in total. The molecule has 0 fully saturated rings. The van der Waals surface area contributed by atoms with Crippen molar-refractivity contribution in [1.29, 1.82) is 0 Å². The van der Waals surface area contributed by atoms with Crippen molar-refractivity contribution in [2.24, 2.45) is 0 Å². The van der Waals surface area contributed by atoms with Gasteiger partial charge in [0.05, 0.1) is 16.4 Å². The smallest absolute Gasteiger partial charge is 0.271 e. The highest BCUT2D eigenvalue weighted by atomic mass is 32.2. The van der Waals surface area contributed by atoms with E-state index in [1.165, 1.54) is 30.0 Å². The molecule has 0 saturated carbocycles. The minimum Gasteiger partial charge on any atom is -0.361 e. The molecule has 1 heterocycles. The Bertz CT molecular complexity index is 680. The number of rotatable bonds is 6. The number of carbonyl (C=O) groups excluding carboxylic acids is 1. The molecule has 0 aliphatic rings. The van der Waals surface area contributed by atoms with E-state index >= 15 is 0 Å². The number of nitro groups is 1. The highest BCUT2D eigenvalue weighted by Crippen LogP contribution is 2.20. The van der Waals surface area contributed by atoms with E-state index in [1.54, 1.807) is 6.07 Å². The van der Waals surface area contributed by atoms with E-state index in [4.69, 9.17) is 4.52 Å². The van der Waals surface area contributed by atoms with Crippen LogP contribution < -0.4 is 5.32 Å². The Balaban J connectivity index is 1.86. The number of nitrogens with one attached hydrogen (secondary N) is 1. The van der Waals surface area contributed by atoms with E-state index < -0.39 is 4.92 Å². The molecule has 0 unspecified atom stereocenters. The zero-order valence-electron chi connectivity index (χ0n) is 12.2. The lowest BCUT2D eigenvalue weighted by atomic mass is 10.2. The molecule has 2 aromatic rings. The molecule has 0 radical (unpaired) electrons. The summed E-state index contributed by atoms with van der Waals surface area (Å²) in [6.45, 7) is 3.69. The first-order valence-corrected chi connectivity index (χ1v) is 7.66. The molecule has 0 bridgehead atoms. The summed E-state index contributed by atoms with van der Waals surface area (Å²) in [5.74, 6) is 1.41. The molecular weight excluding hydrogens is 306 g/mol. The zero-order valence-corrected chi connectivity index (χ0v) is 13.0. The maximum atomic E-state index is 11.9. The number of carbonyl (C=O) groups is 1. The first-order chi connectivity index (χ1) is 10.5. The minimum absolute atomic E-state index is 0.0545. The fourth-order valence-corrected chi connectivity index (χ4v) is 2.82. The van der Waals surface area contributed by atoms with E-state index in [9.17, 15) is 14.9 Å². The van der Waals surface area contributed by atoms with Crippen LogP contribution in [0.4, 0.5) is 11.4 Å². The number of benzene rings is 1. The average Bonchev–Trinajstić information content (AvgIpc) is 2.79. The maximum absolute atomic E-state index is 11.9. The molecule has 1 amide bonds. The van der Waals surface area contributed by atoms with Crippen LogP contribution in [0.15, 0.2) is 28.8 Å². The van der Waals surface area contributed by atoms with Crippen LogP contribution >= 0.6 is 11.8 Å². The lowest BCUT2D eigenvalue weighted by Crippen LogP contribution is -2.14. The van der Waals surface area contributed by atoms with Gasteiger partial charge in [-0.3, -0.25) is 14.9 Å². The van der Waals surface area contributed by atoms with Crippen LogP contribution in [0.5, 0.6) is 0 Å². The van der Waals surface area contributed by atoms with E-state index in [0.29, 0.717) is 11.4 Å². The Hall–Kier alpha value is -2.35. The van der Waals surface area contributed by atoms with Gasteiger partial charge < -0.3 is 9.84 Å². The zero-order chi connectivity index (χ0) is 16.1. The summed E-state index contributed by atoms with van der Waals surface area (Å²) in [5, 5.41) is 17.2. The van der Waals surface area contributed by atoms with Crippen molar-refractivity contribution < 1.29 is 14.2 Å². The SMILES string of the molecule is Cc1noc(C)c1CSCC(=O)Nc1cccc([N+](=O)[O-])c1. The Morgan fingerprint density at radius 2 is 2.23 bits per heavy atom. The quantitative estimate of drug-likeness (QED) is 0.648. The van der Waals surface area contributed by atoms with Crippen LogP contribution in [0.1, 0.15) is 17.0 Å². The lowest BCUT2D eigenvalue weighted by Gasteiger charge is -2.05. The average molecular weight is 321 g/mol. The number of anilines is 1. The van der Waals surface area contributed by atoms with Crippen LogP contribution in [0, 0.1) is 24.0 Å². The van der Waals surface area contributed by atoms with Gasteiger partial charge in [-0.25, -0.2) is 0 Å². The normalized spacial score (nSPS) is 10.5. The van der Waals surface area contributed by atoms with Gasteiger partial charge in [0.2, 0.25) is 5.91 Å². The molecule has 0 saturated heterocycles. The van der Waals surface area contributed by atoms with Gasteiger partial charge in [-0.15, -0.1) is 11.8 Å². The Labute approximate surface area is 131 Å². The Kier molecular flexibility index (Phi) is 5.16. The molecule has 2 rings (SSSR count). The summed E-state index contributed by atoms with van der Waals surface area (Å²) in [6.07, 6.45) is 0. The topological polar surface area (TPSA) is 98.3 Å². The summed E-state index contributed by atoms with van der Waals surface area (Å²) < 4.78 is 5.06. The maximum Gasteiger partial charge on any atom is 0.271 e. The van der Waals surface area contributed by atoms with E-state index in [1.807, 2.05) is 13.8 Å². The predicted molar refractivity (Wildman–Crippen MR) is 83.9 cm³/mol. The highest BCUT2D eigenvalue weighted by molar-refractivity contribution is 7.99. The number of nitrogens with zero attached hydrogens (tertiary/aromatic N) is 2. The summed E-state index contributed by atoms with van der Waals surface area (Å²) in [5.41, 5.74) is 2.18. The van der Waals surface area contributed by atoms with Gasteiger partial charge in [0, 0.05) is 29.1 Å². The van der Waals surface area contributed by atoms with Crippen molar-refractivity contribution in [3.05, 3.63) is 51.4 Å². The number of hydrogen-bond donors (Lipinski definition) is 1. The summed E-state index contributed by atoms with van der Waals surface area (Å²) in [4.78, 5) is 22.0. The fourth-order valence-electron chi connectivity index (χ4n) is 1.85. The van der Waals surface area contributed by atoms with Crippen molar-refractivity contribution in [2.45, 2.75) is 19.6 Å². The Morgan fingerprint density at radius 1 is 1.45 bits per heavy atom. The fraction of sp³-hybridized carbons (Fsp3) is 0.286. The van der Waals surface area contributed by atoms with Gasteiger partial charge in [-0.05, 0) is 19.9 Å². The van der Waals surface area contributed by atoms with Gasteiger partial charge in [0.1, 0.15) is 5.76 Å². The molecule has 22 heavy (non-hydrogen) atoms. The second-order valence-electron chi connectivity index (χ2n) is 4.65. The third kappa shape index (κ3) is 4.08. The van der Waals surface area contributed by atoms with Crippen LogP contribution in [0.25, 0.3) is 0 Å². The number of aryl methyl sites for hydroxylation is 2. The summed E-state index contributed by atoms with van der Waals surface area (Å²) >= 11 is 1.43. The second kappa shape index (κ2) is 7.08. The monoisotopic (exact) mass is 321 g/mol. The number of thioether (sulfide) groups is 1. The van der Waals surface area contributed by atoms with Crippen molar-refractivity contribution >= 4 is 29.0 Å². The molecule has 8 heteroatoms. The highest BCUT2D eigenvalue weighted by Gasteiger charge is 2.11. The largest absolute Gasteiger partial charge is 0.361 e. The van der Waals surface area contributed by atoms with Gasteiger partial charge in [0.15, 0.2) is 0 Å².